The fourth-order valence-corrected chi connectivity index (χ4v) is 3.42. The van der Waals surface area contributed by atoms with Crippen molar-refractivity contribution in [2.24, 2.45) is 5.41 Å². The molecule has 0 aromatic rings. The van der Waals surface area contributed by atoms with Crippen LogP contribution in [0.15, 0.2) is 0 Å². The second-order valence-electron chi connectivity index (χ2n) is 6.73. The van der Waals surface area contributed by atoms with Gasteiger partial charge in [-0.2, -0.15) is 0 Å². The highest BCUT2D eigenvalue weighted by Crippen LogP contribution is 2.31. The van der Waals surface area contributed by atoms with Gasteiger partial charge in [0.15, 0.2) is 0 Å². The van der Waals surface area contributed by atoms with E-state index in [0.29, 0.717) is 23.6 Å². The number of nitrogens with one attached hydrogen (secondary N) is 1. The zero-order valence-corrected chi connectivity index (χ0v) is 12.5. The number of hydrogen-bond acceptors (Lipinski definition) is 3. The number of ether oxygens (including phenoxy) is 1. The summed E-state index contributed by atoms with van der Waals surface area (Å²) in [5, 5.41) is 3.41. The van der Waals surface area contributed by atoms with E-state index in [9.17, 15) is 0 Å². The molecule has 1 aliphatic carbocycles. The molecule has 1 saturated heterocycles. The van der Waals surface area contributed by atoms with Gasteiger partial charge in [-0.1, -0.05) is 26.7 Å². The maximum Gasteiger partial charge on any atom is 0.0730 e. The van der Waals surface area contributed by atoms with E-state index in [1.54, 1.807) is 0 Å². The second kappa shape index (κ2) is 5.89. The fraction of sp³-hybridized carbons (Fsp3) is 1.00. The first-order chi connectivity index (χ1) is 8.54. The minimum atomic E-state index is 0.314. The van der Waals surface area contributed by atoms with Gasteiger partial charge in [0, 0.05) is 25.2 Å². The van der Waals surface area contributed by atoms with E-state index in [1.165, 1.54) is 32.2 Å². The standard InChI is InChI=1S/C15H30N2O/c1-12(16-4)15(2,3)11-17-9-10-18-14-8-6-5-7-13(14)17/h12-14,16H,5-11H2,1-4H3. The number of fused-ring (bicyclic) bond motifs is 1. The molecule has 0 aromatic carbocycles. The fourth-order valence-electron chi connectivity index (χ4n) is 3.42. The van der Waals surface area contributed by atoms with Crippen LogP contribution in [-0.4, -0.2) is 49.8 Å². The van der Waals surface area contributed by atoms with Gasteiger partial charge in [0.25, 0.3) is 0 Å². The van der Waals surface area contributed by atoms with Gasteiger partial charge in [-0.05, 0) is 32.2 Å². The molecule has 3 unspecified atom stereocenters. The predicted molar refractivity (Wildman–Crippen MR) is 75.9 cm³/mol. The van der Waals surface area contributed by atoms with Crippen LogP contribution in [0.25, 0.3) is 0 Å². The molecule has 106 valence electrons. The number of morpholine rings is 1. The molecule has 3 nitrogen and oxygen atoms in total. The first-order valence-electron chi connectivity index (χ1n) is 7.57. The van der Waals surface area contributed by atoms with Crippen LogP contribution in [0, 0.1) is 5.41 Å². The monoisotopic (exact) mass is 254 g/mol. The highest BCUT2D eigenvalue weighted by molar-refractivity contribution is 4.91. The van der Waals surface area contributed by atoms with Crippen LogP contribution >= 0.6 is 0 Å². The van der Waals surface area contributed by atoms with E-state index in [2.05, 4.69) is 38.0 Å². The Hall–Kier alpha value is -0.120. The van der Waals surface area contributed by atoms with Crippen molar-refractivity contribution >= 4 is 0 Å². The van der Waals surface area contributed by atoms with Gasteiger partial charge in [0.1, 0.15) is 0 Å². The van der Waals surface area contributed by atoms with Crippen LogP contribution in [0.4, 0.5) is 0 Å². The highest BCUT2D eigenvalue weighted by atomic mass is 16.5. The maximum absolute atomic E-state index is 5.96. The van der Waals surface area contributed by atoms with Crippen molar-refractivity contribution in [3.05, 3.63) is 0 Å². The third-order valence-electron chi connectivity index (χ3n) is 5.06. The van der Waals surface area contributed by atoms with Crippen molar-refractivity contribution in [1.82, 2.24) is 10.2 Å². The summed E-state index contributed by atoms with van der Waals surface area (Å²) in [4.78, 5) is 2.70. The molecule has 2 aliphatic rings. The van der Waals surface area contributed by atoms with Gasteiger partial charge < -0.3 is 10.1 Å². The van der Waals surface area contributed by atoms with Gasteiger partial charge in [0.2, 0.25) is 0 Å². The average molecular weight is 254 g/mol. The molecule has 1 heterocycles. The van der Waals surface area contributed by atoms with Gasteiger partial charge in [-0.3, -0.25) is 4.90 Å². The Balaban J connectivity index is 1.98. The van der Waals surface area contributed by atoms with Gasteiger partial charge in [-0.15, -0.1) is 0 Å². The van der Waals surface area contributed by atoms with Gasteiger partial charge in [-0.25, -0.2) is 0 Å². The lowest BCUT2D eigenvalue weighted by Gasteiger charge is -2.47. The summed E-state index contributed by atoms with van der Waals surface area (Å²) in [7, 11) is 2.06. The van der Waals surface area contributed by atoms with Crippen LogP contribution in [0.3, 0.4) is 0 Å². The van der Waals surface area contributed by atoms with Crippen LogP contribution in [0.5, 0.6) is 0 Å². The van der Waals surface area contributed by atoms with E-state index in [0.717, 1.165) is 13.2 Å². The third-order valence-corrected chi connectivity index (χ3v) is 5.06. The Morgan fingerprint density at radius 3 is 2.78 bits per heavy atom. The minimum Gasteiger partial charge on any atom is -0.375 e. The summed E-state index contributed by atoms with van der Waals surface area (Å²) in [6.45, 7) is 10.3. The smallest absolute Gasteiger partial charge is 0.0730 e. The maximum atomic E-state index is 5.96. The molecule has 0 aromatic heterocycles. The lowest BCUT2D eigenvalue weighted by atomic mass is 9.82. The van der Waals surface area contributed by atoms with E-state index in [1.807, 2.05) is 0 Å². The second-order valence-corrected chi connectivity index (χ2v) is 6.73. The van der Waals surface area contributed by atoms with Crippen molar-refractivity contribution in [1.29, 1.82) is 0 Å². The molecular formula is C15H30N2O. The molecule has 0 spiro atoms. The molecule has 1 aliphatic heterocycles. The summed E-state index contributed by atoms with van der Waals surface area (Å²) in [6, 6.07) is 1.22. The highest BCUT2D eigenvalue weighted by Gasteiger charge is 2.37. The summed E-state index contributed by atoms with van der Waals surface area (Å²) in [5.41, 5.74) is 0.314. The average Bonchev–Trinajstić information content (AvgIpc) is 2.38. The summed E-state index contributed by atoms with van der Waals surface area (Å²) >= 11 is 0. The van der Waals surface area contributed by atoms with Crippen molar-refractivity contribution < 1.29 is 4.74 Å². The van der Waals surface area contributed by atoms with E-state index >= 15 is 0 Å². The Bertz CT molecular complexity index is 265. The Labute approximate surface area is 112 Å². The van der Waals surface area contributed by atoms with E-state index < -0.39 is 0 Å². The molecule has 18 heavy (non-hydrogen) atoms. The zero-order chi connectivity index (χ0) is 13.2. The lowest BCUT2D eigenvalue weighted by molar-refractivity contribution is -0.0983. The number of hydrogen-bond donors (Lipinski definition) is 1. The lowest BCUT2D eigenvalue weighted by Crippen LogP contribution is -2.57. The first kappa shape index (κ1) is 14.3. The van der Waals surface area contributed by atoms with Crippen LogP contribution in [0.2, 0.25) is 0 Å². The molecular weight excluding hydrogens is 224 g/mol. The largest absolute Gasteiger partial charge is 0.375 e. The Kier molecular flexibility index (Phi) is 4.68. The summed E-state index contributed by atoms with van der Waals surface area (Å²) in [5.74, 6) is 0. The van der Waals surface area contributed by atoms with Crippen LogP contribution in [-0.2, 0) is 4.74 Å². The molecule has 2 rings (SSSR count). The molecule has 1 N–H and O–H groups in total. The molecule has 1 saturated carbocycles. The molecule has 3 heteroatoms. The quantitative estimate of drug-likeness (QED) is 0.833. The minimum absolute atomic E-state index is 0.314. The van der Waals surface area contributed by atoms with Crippen molar-refractivity contribution in [2.45, 2.75) is 64.6 Å². The van der Waals surface area contributed by atoms with Gasteiger partial charge >= 0.3 is 0 Å². The van der Waals surface area contributed by atoms with Crippen molar-refractivity contribution in [3.63, 3.8) is 0 Å². The zero-order valence-electron chi connectivity index (χ0n) is 12.5. The van der Waals surface area contributed by atoms with Crippen LogP contribution in [0.1, 0.15) is 46.5 Å². The van der Waals surface area contributed by atoms with Gasteiger partial charge in [0.05, 0.1) is 12.7 Å². The van der Waals surface area contributed by atoms with E-state index in [4.69, 9.17) is 4.74 Å². The Morgan fingerprint density at radius 1 is 1.33 bits per heavy atom. The summed E-state index contributed by atoms with van der Waals surface area (Å²) < 4.78 is 5.96. The van der Waals surface area contributed by atoms with Crippen molar-refractivity contribution in [2.75, 3.05) is 26.7 Å². The molecule has 2 fully saturated rings. The topological polar surface area (TPSA) is 24.5 Å². The molecule has 0 amide bonds. The normalized spacial score (nSPS) is 32.0. The van der Waals surface area contributed by atoms with E-state index in [-0.39, 0.29) is 0 Å². The molecule has 3 atom stereocenters. The Morgan fingerprint density at radius 2 is 2.06 bits per heavy atom. The molecule has 0 bridgehead atoms. The van der Waals surface area contributed by atoms with Crippen LogP contribution < -0.4 is 5.32 Å². The summed E-state index contributed by atoms with van der Waals surface area (Å²) in [6.07, 6.45) is 5.83. The SMILES string of the molecule is CNC(C)C(C)(C)CN1CCOC2CCCCC21. The van der Waals surface area contributed by atoms with Crippen molar-refractivity contribution in [3.8, 4) is 0 Å². The number of nitrogens with zero attached hydrogens (tertiary/aromatic N) is 1. The number of rotatable bonds is 4. The first-order valence-corrected chi connectivity index (χ1v) is 7.57. The third kappa shape index (κ3) is 3.06. The molecule has 0 radical (unpaired) electrons. The predicted octanol–water partition coefficient (Wildman–Crippen LogP) is 2.26.